The number of carbonyl (C=O) groups is 1. The second-order valence-electron chi connectivity index (χ2n) is 3.14. The van der Waals surface area contributed by atoms with Crippen LogP contribution in [0.1, 0.15) is 5.56 Å². The molecule has 3 N–H and O–H groups in total. The van der Waals surface area contributed by atoms with Gasteiger partial charge in [-0.25, -0.2) is 10.2 Å². The number of hydrazone groups is 1. The number of hydrogen-bond acceptors (Lipinski definition) is 3. The van der Waals surface area contributed by atoms with E-state index < -0.39 is 6.03 Å². The molecule has 7 heteroatoms. The van der Waals surface area contributed by atoms with Crippen LogP contribution in [-0.4, -0.2) is 18.9 Å². The quantitative estimate of drug-likeness (QED) is 0.330. The van der Waals surface area contributed by atoms with Gasteiger partial charge in [0.25, 0.3) is 0 Å². The molecule has 0 atom stereocenters. The molecule has 2 amide bonds. The van der Waals surface area contributed by atoms with E-state index in [1.807, 2.05) is 12.1 Å². The van der Waals surface area contributed by atoms with E-state index in [0.29, 0.717) is 12.4 Å². The smallest absolute Gasteiger partial charge is 0.332 e. The molecule has 1 aromatic carbocycles. The number of ether oxygens (including phenoxy) is 1. The molecule has 1 aromatic rings. The minimum absolute atomic E-state index is 0.391. The third-order valence-electron chi connectivity index (χ3n) is 1.76. The predicted molar refractivity (Wildman–Crippen MR) is 82.9 cm³/mol. The lowest BCUT2D eigenvalue weighted by Crippen LogP contribution is -2.24. The number of halogens is 2. The van der Waals surface area contributed by atoms with Crippen molar-refractivity contribution in [2.45, 2.75) is 0 Å². The highest BCUT2D eigenvalue weighted by molar-refractivity contribution is 14.1. The average molecular weight is 424 g/mol. The summed E-state index contributed by atoms with van der Waals surface area (Å²) in [6.45, 7) is 3.98. The van der Waals surface area contributed by atoms with Gasteiger partial charge in [0, 0.05) is 10.0 Å². The number of hydrogen-bond donors (Lipinski definition) is 2. The molecule has 18 heavy (non-hydrogen) atoms. The van der Waals surface area contributed by atoms with Crippen LogP contribution in [0.3, 0.4) is 0 Å². The first-order chi connectivity index (χ1) is 8.54. The van der Waals surface area contributed by atoms with Gasteiger partial charge in [-0.2, -0.15) is 5.10 Å². The van der Waals surface area contributed by atoms with Gasteiger partial charge in [-0.1, -0.05) is 28.6 Å². The molecule has 0 radical (unpaired) electrons. The Balaban J connectivity index is 3.02. The standard InChI is InChI=1S/C11H11BrIN3O2/c1-2-3-18-10-7(6-15-16-11(14)17)4-8(12)5-9(10)13/h2,4-6H,1,3H2,(H3,14,16,17). The zero-order valence-electron chi connectivity index (χ0n) is 9.32. The summed E-state index contributed by atoms with van der Waals surface area (Å²) >= 11 is 5.54. The molecule has 0 bridgehead atoms. The van der Waals surface area contributed by atoms with Crippen LogP contribution < -0.4 is 15.9 Å². The Kier molecular flexibility index (Phi) is 6.13. The second kappa shape index (κ2) is 7.37. The number of amides is 2. The number of urea groups is 1. The van der Waals surface area contributed by atoms with Gasteiger partial charge in [-0.05, 0) is 34.7 Å². The highest BCUT2D eigenvalue weighted by Crippen LogP contribution is 2.28. The molecule has 1 rings (SSSR count). The second-order valence-corrected chi connectivity index (χ2v) is 5.22. The lowest BCUT2D eigenvalue weighted by molar-refractivity contribution is 0.249. The summed E-state index contributed by atoms with van der Waals surface area (Å²) in [5.41, 5.74) is 7.77. The Morgan fingerprint density at radius 1 is 1.67 bits per heavy atom. The number of rotatable bonds is 5. The molecule has 5 nitrogen and oxygen atoms in total. The van der Waals surface area contributed by atoms with Gasteiger partial charge in [-0.3, -0.25) is 0 Å². The minimum atomic E-state index is -0.718. The summed E-state index contributed by atoms with van der Waals surface area (Å²) in [5, 5.41) is 3.71. The summed E-state index contributed by atoms with van der Waals surface area (Å²) in [6.07, 6.45) is 3.12. The fraction of sp³-hybridized carbons (Fsp3) is 0.0909. The van der Waals surface area contributed by atoms with E-state index in [9.17, 15) is 4.79 Å². The summed E-state index contributed by atoms with van der Waals surface area (Å²) in [7, 11) is 0. The number of carbonyl (C=O) groups excluding carboxylic acids is 1. The van der Waals surface area contributed by atoms with Crippen molar-refractivity contribution < 1.29 is 9.53 Å². The molecular formula is C11H11BrIN3O2. The highest BCUT2D eigenvalue weighted by atomic mass is 127. The Morgan fingerprint density at radius 2 is 2.39 bits per heavy atom. The SMILES string of the molecule is C=CCOc1c(I)cc(Br)cc1C=NNC(N)=O. The summed E-state index contributed by atoms with van der Waals surface area (Å²) in [5.74, 6) is 0.675. The molecule has 0 aliphatic rings. The van der Waals surface area contributed by atoms with Crippen LogP contribution in [0.15, 0.2) is 34.4 Å². The Morgan fingerprint density at radius 3 is 3.00 bits per heavy atom. The van der Waals surface area contributed by atoms with Crippen molar-refractivity contribution in [2.75, 3.05) is 6.61 Å². The first-order valence-electron chi connectivity index (χ1n) is 4.86. The van der Waals surface area contributed by atoms with E-state index in [2.05, 4.69) is 55.6 Å². The molecule has 0 unspecified atom stereocenters. The lowest BCUT2D eigenvalue weighted by atomic mass is 10.2. The van der Waals surface area contributed by atoms with Crippen molar-refractivity contribution in [3.63, 3.8) is 0 Å². The average Bonchev–Trinajstić information content (AvgIpc) is 2.27. The summed E-state index contributed by atoms with van der Waals surface area (Å²) < 4.78 is 7.36. The maximum atomic E-state index is 10.5. The zero-order valence-corrected chi connectivity index (χ0v) is 13.1. The third-order valence-corrected chi connectivity index (χ3v) is 3.02. The zero-order chi connectivity index (χ0) is 13.5. The van der Waals surface area contributed by atoms with E-state index >= 15 is 0 Å². The largest absolute Gasteiger partial charge is 0.488 e. The summed E-state index contributed by atoms with van der Waals surface area (Å²) in [6, 6.07) is 3.02. The fourth-order valence-electron chi connectivity index (χ4n) is 1.14. The molecular weight excluding hydrogens is 413 g/mol. The molecule has 0 aliphatic heterocycles. The molecule has 96 valence electrons. The van der Waals surface area contributed by atoms with E-state index in [-0.39, 0.29) is 0 Å². The molecule has 0 saturated carbocycles. The van der Waals surface area contributed by atoms with Crippen LogP contribution >= 0.6 is 38.5 Å². The van der Waals surface area contributed by atoms with Crippen molar-refractivity contribution in [3.8, 4) is 5.75 Å². The molecule has 0 aliphatic carbocycles. The third kappa shape index (κ3) is 4.65. The minimum Gasteiger partial charge on any atom is -0.488 e. The molecule has 0 fully saturated rings. The summed E-state index contributed by atoms with van der Waals surface area (Å²) in [4.78, 5) is 10.5. The first-order valence-corrected chi connectivity index (χ1v) is 6.73. The molecule has 0 saturated heterocycles. The van der Waals surface area contributed by atoms with Gasteiger partial charge in [0.15, 0.2) is 0 Å². The van der Waals surface area contributed by atoms with Crippen molar-refractivity contribution in [3.05, 3.63) is 38.4 Å². The number of nitrogens with zero attached hydrogens (tertiary/aromatic N) is 1. The van der Waals surface area contributed by atoms with Gasteiger partial charge in [0.2, 0.25) is 0 Å². The van der Waals surface area contributed by atoms with Crippen LogP contribution in [0.2, 0.25) is 0 Å². The highest BCUT2D eigenvalue weighted by Gasteiger charge is 2.08. The number of nitrogens with one attached hydrogen (secondary N) is 1. The predicted octanol–water partition coefficient (Wildman–Crippen LogP) is 2.62. The van der Waals surface area contributed by atoms with E-state index in [0.717, 1.165) is 13.6 Å². The Labute approximate surface area is 127 Å². The monoisotopic (exact) mass is 423 g/mol. The van der Waals surface area contributed by atoms with Crippen molar-refractivity contribution >= 4 is 50.8 Å². The Bertz CT molecular complexity index is 491. The maximum absolute atomic E-state index is 10.5. The van der Waals surface area contributed by atoms with Gasteiger partial charge in [0.1, 0.15) is 12.4 Å². The maximum Gasteiger partial charge on any atom is 0.332 e. The van der Waals surface area contributed by atoms with Gasteiger partial charge < -0.3 is 10.5 Å². The number of benzene rings is 1. The molecule has 0 aromatic heterocycles. The number of primary amides is 1. The topological polar surface area (TPSA) is 76.7 Å². The molecule has 0 spiro atoms. The van der Waals surface area contributed by atoms with Crippen LogP contribution in [0.5, 0.6) is 5.75 Å². The normalized spacial score (nSPS) is 10.3. The van der Waals surface area contributed by atoms with Crippen molar-refractivity contribution in [1.82, 2.24) is 5.43 Å². The van der Waals surface area contributed by atoms with Gasteiger partial charge in [-0.15, -0.1) is 0 Å². The van der Waals surface area contributed by atoms with Crippen molar-refractivity contribution in [2.24, 2.45) is 10.8 Å². The molecule has 0 heterocycles. The Hall–Kier alpha value is -1.09. The van der Waals surface area contributed by atoms with Crippen LogP contribution in [0.4, 0.5) is 4.79 Å². The van der Waals surface area contributed by atoms with Crippen LogP contribution in [0.25, 0.3) is 0 Å². The van der Waals surface area contributed by atoms with E-state index in [1.165, 1.54) is 6.21 Å². The van der Waals surface area contributed by atoms with Crippen LogP contribution in [-0.2, 0) is 0 Å². The van der Waals surface area contributed by atoms with Crippen LogP contribution in [0, 0.1) is 3.57 Å². The van der Waals surface area contributed by atoms with Gasteiger partial charge >= 0.3 is 6.03 Å². The van der Waals surface area contributed by atoms with E-state index in [1.54, 1.807) is 6.08 Å². The first kappa shape index (κ1) is 15.0. The lowest BCUT2D eigenvalue weighted by Gasteiger charge is -2.10. The van der Waals surface area contributed by atoms with Gasteiger partial charge in [0.05, 0.1) is 9.78 Å². The van der Waals surface area contributed by atoms with Crippen molar-refractivity contribution in [1.29, 1.82) is 0 Å². The number of nitrogens with two attached hydrogens (primary N) is 1. The fourth-order valence-corrected chi connectivity index (χ4v) is 2.84. The van der Waals surface area contributed by atoms with E-state index in [4.69, 9.17) is 10.5 Å².